The van der Waals surface area contributed by atoms with Crippen molar-refractivity contribution in [1.29, 1.82) is 0 Å². The Balaban J connectivity index is 2.03. The van der Waals surface area contributed by atoms with Crippen LogP contribution in [0.5, 0.6) is 0 Å². The summed E-state index contributed by atoms with van der Waals surface area (Å²) in [6.07, 6.45) is 0.825. The van der Waals surface area contributed by atoms with Crippen LogP contribution in [0.3, 0.4) is 0 Å². The van der Waals surface area contributed by atoms with Gasteiger partial charge in [-0.05, 0) is 56.2 Å². The van der Waals surface area contributed by atoms with Gasteiger partial charge in [0.25, 0.3) is 0 Å². The fourth-order valence-corrected chi connectivity index (χ4v) is 4.68. The molecule has 5 rings (SSSR count). The van der Waals surface area contributed by atoms with Gasteiger partial charge in [-0.3, -0.25) is 14.3 Å². The third-order valence-corrected chi connectivity index (χ3v) is 6.28. The number of hydrogen-bond donors (Lipinski definition) is 1. The van der Waals surface area contributed by atoms with E-state index in [1.807, 2.05) is 54.6 Å². The number of fused-ring (bicyclic) bond motifs is 4. The highest BCUT2D eigenvalue weighted by atomic mass is 16.1. The van der Waals surface area contributed by atoms with Crippen molar-refractivity contribution < 1.29 is 0 Å². The fraction of sp³-hybridized carbons (Fsp3) is 0.231. The van der Waals surface area contributed by atoms with E-state index in [-0.39, 0.29) is 10.9 Å². The molecule has 0 saturated carbocycles. The van der Waals surface area contributed by atoms with Gasteiger partial charge < -0.3 is 9.99 Å². The first-order valence-corrected chi connectivity index (χ1v) is 10.9. The smallest absolute Gasteiger partial charge is 0.197 e. The van der Waals surface area contributed by atoms with E-state index in [1.54, 1.807) is 0 Å². The number of aryl methyl sites for hydroxylation is 1. The van der Waals surface area contributed by atoms with Gasteiger partial charge in [-0.1, -0.05) is 31.2 Å². The number of pyridine rings is 2. The van der Waals surface area contributed by atoms with E-state index < -0.39 is 0 Å². The van der Waals surface area contributed by atoms with E-state index in [4.69, 9.17) is 0 Å². The molecule has 0 fully saturated rings. The zero-order valence-electron chi connectivity index (χ0n) is 18.0. The third-order valence-electron chi connectivity index (χ3n) is 6.28. The summed E-state index contributed by atoms with van der Waals surface area (Å²) in [5.74, 6) is 0. The van der Waals surface area contributed by atoms with Crippen LogP contribution in [0.1, 0.15) is 26.3 Å². The lowest BCUT2D eigenvalue weighted by atomic mass is 10.0. The second-order valence-electron chi connectivity index (χ2n) is 7.86. The molecule has 5 aromatic rings. The number of para-hydroxylation sites is 2. The minimum Gasteiger partial charge on any atom is -0.354 e. The van der Waals surface area contributed by atoms with Crippen LogP contribution in [0.15, 0.2) is 64.2 Å². The lowest BCUT2D eigenvalue weighted by Crippen LogP contribution is -2.35. The van der Waals surface area contributed by atoms with Crippen molar-refractivity contribution in [1.82, 2.24) is 9.66 Å². The summed E-state index contributed by atoms with van der Waals surface area (Å²) in [6.45, 7) is 7.83. The normalized spacial score (nSPS) is 11.7. The molecule has 5 nitrogen and oxygen atoms in total. The van der Waals surface area contributed by atoms with Crippen LogP contribution in [0, 0.1) is 0 Å². The molecule has 0 atom stereocenters. The molecule has 0 aliphatic rings. The number of nitrogens with one attached hydrogen (secondary N) is 1. The molecule has 0 unspecified atom stereocenters. The highest BCUT2D eigenvalue weighted by Gasteiger charge is 2.17. The summed E-state index contributed by atoms with van der Waals surface area (Å²) in [5.41, 5.74) is 4.24. The average molecular weight is 412 g/mol. The number of benzene rings is 3. The topological polar surface area (TPSA) is 58.1 Å². The molecule has 5 heteroatoms. The van der Waals surface area contributed by atoms with Crippen LogP contribution in [0.4, 0.5) is 0 Å². The molecule has 0 saturated heterocycles. The maximum atomic E-state index is 13.4. The van der Waals surface area contributed by atoms with Gasteiger partial charge in [-0.2, -0.15) is 0 Å². The zero-order chi connectivity index (χ0) is 21.7. The molecule has 2 aromatic heterocycles. The summed E-state index contributed by atoms with van der Waals surface area (Å²) in [7, 11) is 0. The molecule has 31 heavy (non-hydrogen) atoms. The minimum absolute atomic E-state index is 0.00680. The van der Waals surface area contributed by atoms with Gasteiger partial charge in [0.15, 0.2) is 10.9 Å². The number of rotatable bonds is 4. The summed E-state index contributed by atoms with van der Waals surface area (Å²) >= 11 is 0. The summed E-state index contributed by atoms with van der Waals surface area (Å²) in [4.78, 5) is 30.3. The van der Waals surface area contributed by atoms with Crippen LogP contribution in [-0.4, -0.2) is 22.7 Å². The van der Waals surface area contributed by atoms with E-state index in [0.717, 1.165) is 41.6 Å². The molecule has 0 aliphatic heterocycles. The van der Waals surface area contributed by atoms with Crippen LogP contribution >= 0.6 is 0 Å². The maximum absolute atomic E-state index is 13.4. The van der Waals surface area contributed by atoms with E-state index in [9.17, 15) is 9.59 Å². The number of H-pyrrole nitrogens is 1. The highest BCUT2D eigenvalue weighted by Crippen LogP contribution is 2.25. The summed E-state index contributed by atoms with van der Waals surface area (Å²) < 4.78 is 2.09. The Morgan fingerprint density at radius 1 is 0.774 bits per heavy atom. The Hall–Kier alpha value is -3.60. The van der Waals surface area contributed by atoms with E-state index >= 15 is 0 Å². The Bertz CT molecular complexity index is 1590. The molecular weight excluding hydrogens is 386 g/mol. The Kier molecular flexibility index (Phi) is 4.54. The van der Waals surface area contributed by atoms with Gasteiger partial charge in [0.05, 0.1) is 27.5 Å². The van der Waals surface area contributed by atoms with Crippen molar-refractivity contribution in [2.45, 2.75) is 27.2 Å². The minimum atomic E-state index is -0.0133. The molecule has 1 N–H and O–H groups in total. The quantitative estimate of drug-likeness (QED) is 0.437. The van der Waals surface area contributed by atoms with Crippen LogP contribution < -0.4 is 15.9 Å². The van der Waals surface area contributed by atoms with Gasteiger partial charge >= 0.3 is 0 Å². The number of hydrogen-bond acceptors (Lipinski definition) is 3. The molecule has 0 spiro atoms. The number of aromatic nitrogens is 2. The molecule has 156 valence electrons. The number of aromatic amines is 1. The highest BCUT2D eigenvalue weighted by molar-refractivity contribution is 6.03. The Morgan fingerprint density at radius 3 is 2.23 bits per heavy atom. The maximum Gasteiger partial charge on any atom is 0.197 e. The molecule has 0 bridgehead atoms. The van der Waals surface area contributed by atoms with Crippen LogP contribution in [-0.2, 0) is 6.42 Å². The first-order valence-electron chi connectivity index (χ1n) is 10.9. The largest absolute Gasteiger partial charge is 0.354 e. The zero-order valence-corrected chi connectivity index (χ0v) is 18.0. The van der Waals surface area contributed by atoms with Gasteiger partial charge in [-0.25, -0.2) is 0 Å². The predicted molar refractivity (Wildman–Crippen MR) is 130 cm³/mol. The van der Waals surface area contributed by atoms with Crippen molar-refractivity contribution in [2.24, 2.45) is 0 Å². The number of nitrogens with zero attached hydrogens (tertiary/aromatic N) is 2. The van der Waals surface area contributed by atoms with Crippen molar-refractivity contribution in [3.63, 3.8) is 0 Å². The van der Waals surface area contributed by atoms with E-state index in [0.29, 0.717) is 27.1 Å². The third kappa shape index (κ3) is 2.76. The Labute approximate surface area is 179 Å². The van der Waals surface area contributed by atoms with Crippen molar-refractivity contribution >= 4 is 43.6 Å². The molecular formula is C26H25N3O2. The predicted octanol–water partition coefficient (Wildman–Crippen LogP) is 4.69. The van der Waals surface area contributed by atoms with Crippen molar-refractivity contribution in [2.75, 3.05) is 18.1 Å². The SMILES string of the molecule is CCc1cccc2c(=O)c3cc4c(cc3[nH]c12)c(=O)c1ccccc1n4N(CC)CC. The monoisotopic (exact) mass is 411 g/mol. The second-order valence-corrected chi connectivity index (χ2v) is 7.86. The lowest BCUT2D eigenvalue weighted by molar-refractivity contribution is 0.654. The molecule has 0 amide bonds. The van der Waals surface area contributed by atoms with Gasteiger partial charge in [0.1, 0.15) is 0 Å². The lowest BCUT2D eigenvalue weighted by Gasteiger charge is -2.28. The molecule has 0 radical (unpaired) electrons. The fourth-order valence-electron chi connectivity index (χ4n) is 4.68. The second kappa shape index (κ2) is 7.27. The van der Waals surface area contributed by atoms with E-state index in [1.165, 1.54) is 0 Å². The van der Waals surface area contributed by atoms with Crippen LogP contribution in [0.25, 0.3) is 43.6 Å². The average Bonchev–Trinajstić information content (AvgIpc) is 2.81. The first kappa shape index (κ1) is 19.4. The summed E-state index contributed by atoms with van der Waals surface area (Å²) in [5, 5.41) is 4.76. The van der Waals surface area contributed by atoms with Gasteiger partial charge in [-0.15, -0.1) is 0 Å². The van der Waals surface area contributed by atoms with Gasteiger partial charge in [0, 0.05) is 29.2 Å². The Morgan fingerprint density at radius 2 is 1.48 bits per heavy atom. The van der Waals surface area contributed by atoms with Crippen molar-refractivity contribution in [3.8, 4) is 0 Å². The standard InChI is InChI=1S/C26H25N3O2/c1-4-16-10-9-12-18-24(16)27-21-14-20-23(15-19(21)26(18)31)29(28(5-2)6-3)22-13-8-7-11-17(22)25(20)30/h7-15H,4-6H2,1-3H3,(H,27,31). The summed E-state index contributed by atoms with van der Waals surface area (Å²) in [6, 6.07) is 17.3. The van der Waals surface area contributed by atoms with Crippen LogP contribution in [0.2, 0.25) is 0 Å². The molecule has 0 aliphatic carbocycles. The molecule has 2 heterocycles. The van der Waals surface area contributed by atoms with E-state index in [2.05, 4.69) is 35.4 Å². The first-order chi connectivity index (χ1) is 15.1. The van der Waals surface area contributed by atoms with Gasteiger partial charge in [0.2, 0.25) is 0 Å². The molecule has 3 aromatic carbocycles. The van der Waals surface area contributed by atoms with Crippen molar-refractivity contribution in [3.05, 3.63) is 80.6 Å².